The molecule has 0 saturated heterocycles. The summed E-state index contributed by atoms with van der Waals surface area (Å²) in [4.78, 5) is 41.7. The van der Waals surface area contributed by atoms with E-state index in [-0.39, 0.29) is 40.5 Å². The molecule has 1 aromatic carbocycles. The highest BCUT2D eigenvalue weighted by Crippen LogP contribution is 2.33. The van der Waals surface area contributed by atoms with Crippen LogP contribution in [0.15, 0.2) is 82.1 Å². The third-order valence-corrected chi connectivity index (χ3v) is 5.17. The Hall–Kier alpha value is -4.84. The molecule has 0 unspecified atom stereocenters. The summed E-state index contributed by atoms with van der Waals surface area (Å²) in [6.45, 7) is 1.48. The standard InChI is InChI=1S/C24H16N4O5/c1-15-19(11-17-8-9-22(33-17)18-6-2-3-7-21(18)28(31)32)23(29)27(24(30)20(15)12-25)14-16-5-4-10-26-13-16/h2-11,13H,14H2,1H3/b19-11+. The van der Waals surface area contributed by atoms with Crippen molar-refractivity contribution < 1.29 is 18.9 Å². The van der Waals surface area contributed by atoms with Crippen molar-refractivity contribution >= 4 is 23.6 Å². The molecule has 162 valence electrons. The van der Waals surface area contributed by atoms with Gasteiger partial charge in [-0.2, -0.15) is 5.26 Å². The van der Waals surface area contributed by atoms with Gasteiger partial charge >= 0.3 is 0 Å². The van der Waals surface area contributed by atoms with Gasteiger partial charge in [0, 0.05) is 24.0 Å². The quantitative estimate of drug-likeness (QED) is 0.253. The number of pyridine rings is 1. The lowest BCUT2D eigenvalue weighted by molar-refractivity contribution is -0.384. The number of nitro groups is 1. The van der Waals surface area contributed by atoms with E-state index in [2.05, 4.69) is 4.98 Å². The zero-order chi connectivity index (χ0) is 23.5. The normalized spacial score (nSPS) is 15.2. The van der Waals surface area contributed by atoms with Gasteiger partial charge in [0.1, 0.15) is 23.2 Å². The second-order valence-electron chi connectivity index (χ2n) is 7.20. The molecule has 33 heavy (non-hydrogen) atoms. The number of carbonyl (C=O) groups is 2. The van der Waals surface area contributed by atoms with Crippen molar-refractivity contribution in [2.24, 2.45) is 0 Å². The molecule has 0 N–H and O–H groups in total. The Morgan fingerprint density at radius 3 is 2.64 bits per heavy atom. The lowest BCUT2D eigenvalue weighted by atomic mass is 9.94. The number of nitriles is 1. The molecular formula is C24H16N4O5. The Morgan fingerprint density at radius 2 is 1.94 bits per heavy atom. The van der Waals surface area contributed by atoms with Crippen molar-refractivity contribution in [3.05, 3.63) is 99.1 Å². The van der Waals surface area contributed by atoms with Crippen LogP contribution in [0, 0.1) is 21.4 Å². The highest BCUT2D eigenvalue weighted by molar-refractivity contribution is 6.19. The fourth-order valence-electron chi connectivity index (χ4n) is 3.51. The minimum atomic E-state index is -0.680. The van der Waals surface area contributed by atoms with Crippen molar-refractivity contribution in [1.29, 1.82) is 5.26 Å². The SMILES string of the molecule is CC1=C(C#N)C(=O)N(Cc2cccnc2)C(=O)/C1=C/c1ccc(-c2ccccc2[N+](=O)[O-])o1. The average Bonchev–Trinajstić information content (AvgIpc) is 3.29. The highest BCUT2D eigenvalue weighted by Gasteiger charge is 2.35. The molecule has 2 amide bonds. The highest BCUT2D eigenvalue weighted by atomic mass is 16.6. The van der Waals surface area contributed by atoms with Crippen LogP contribution in [0.25, 0.3) is 17.4 Å². The molecule has 1 aliphatic heterocycles. The summed E-state index contributed by atoms with van der Waals surface area (Å²) in [5.41, 5.74) is 1.02. The summed E-state index contributed by atoms with van der Waals surface area (Å²) in [6.07, 6.45) is 4.54. The van der Waals surface area contributed by atoms with Gasteiger partial charge in [-0.05, 0) is 48.4 Å². The number of aromatic nitrogens is 1. The predicted molar refractivity (Wildman–Crippen MR) is 117 cm³/mol. The smallest absolute Gasteiger partial charge is 0.280 e. The van der Waals surface area contributed by atoms with Crippen LogP contribution in [0.2, 0.25) is 0 Å². The average molecular weight is 440 g/mol. The van der Waals surface area contributed by atoms with Gasteiger partial charge in [0.25, 0.3) is 17.5 Å². The summed E-state index contributed by atoms with van der Waals surface area (Å²) < 4.78 is 5.76. The van der Waals surface area contributed by atoms with Crippen molar-refractivity contribution in [3.63, 3.8) is 0 Å². The van der Waals surface area contributed by atoms with Gasteiger partial charge in [-0.25, -0.2) is 0 Å². The Bertz CT molecular complexity index is 1380. The predicted octanol–water partition coefficient (Wildman–Crippen LogP) is 4.04. The zero-order valence-electron chi connectivity index (χ0n) is 17.4. The second kappa shape index (κ2) is 8.72. The van der Waals surface area contributed by atoms with Gasteiger partial charge in [-0.1, -0.05) is 18.2 Å². The number of imide groups is 1. The van der Waals surface area contributed by atoms with E-state index in [1.165, 1.54) is 25.3 Å². The van der Waals surface area contributed by atoms with Gasteiger partial charge in [-0.15, -0.1) is 0 Å². The van der Waals surface area contributed by atoms with E-state index in [9.17, 15) is 25.0 Å². The largest absolute Gasteiger partial charge is 0.456 e. The van der Waals surface area contributed by atoms with Crippen LogP contribution in [0.1, 0.15) is 18.2 Å². The Balaban J connectivity index is 1.74. The zero-order valence-corrected chi connectivity index (χ0v) is 17.4. The molecule has 9 nitrogen and oxygen atoms in total. The molecule has 0 bridgehead atoms. The van der Waals surface area contributed by atoms with Crippen LogP contribution in [-0.2, 0) is 16.1 Å². The van der Waals surface area contributed by atoms with Crippen LogP contribution in [0.3, 0.4) is 0 Å². The molecule has 9 heteroatoms. The summed E-state index contributed by atoms with van der Waals surface area (Å²) in [7, 11) is 0. The number of nitro benzene ring substituents is 1. The Kier molecular flexibility index (Phi) is 5.66. The van der Waals surface area contributed by atoms with E-state index in [1.807, 2.05) is 6.07 Å². The maximum atomic E-state index is 13.2. The van der Waals surface area contributed by atoms with Crippen molar-refractivity contribution in [2.75, 3.05) is 0 Å². The van der Waals surface area contributed by atoms with Crippen molar-refractivity contribution in [1.82, 2.24) is 9.88 Å². The number of hydrogen-bond donors (Lipinski definition) is 0. The minimum Gasteiger partial charge on any atom is -0.456 e. The Labute approximate surface area is 188 Å². The van der Waals surface area contributed by atoms with E-state index >= 15 is 0 Å². The summed E-state index contributed by atoms with van der Waals surface area (Å²) in [5, 5.41) is 20.8. The van der Waals surface area contributed by atoms with E-state index in [1.54, 1.807) is 48.7 Å². The fraction of sp³-hybridized carbons (Fsp3) is 0.0833. The number of furan rings is 1. The van der Waals surface area contributed by atoms with Gasteiger partial charge in [-0.3, -0.25) is 29.6 Å². The molecule has 0 radical (unpaired) electrons. The molecule has 4 rings (SSSR count). The molecule has 0 fully saturated rings. The van der Waals surface area contributed by atoms with Gasteiger partial charge < -0.3 is 4.42 Å². The fourth-order valence-corrected chi connectivity index (χ4v) is 3.51. The molecule has 0 atom stereocenters. The van der Waals surface area contributed by atoms with Crippen LogP contribution in [0.4, 0.5) is 5.69 Å². The lowest BCUT2D eigenvalue weighted by Gasteiger charge is -2.27. The monoisotopic (exact) mass is 440 g/mol. The topological polar surface area (TPSA) is 130 Å². The molecular weight excluding hydrogens is 424 g/mol. The van der Waals surface area contributed by atoms with Crippen LogP contribution in [-0.4, -0.2) is 26.6 Å². The molecule has 0 spiro atoms. The van der Waals surface area contributed by atoms with Crippen LogP contribution < -0.4 is 0 Å². The summed E-state index contributed by atoms with van der Waals surface area (Å²) in [6, 6.07) is 14.6. The molecule has 1 aliphatic rings. The van der Waals surface area contributed by atoms with Crippen LogP contribution in [0.5, 0.6) is 0 Å². The maximum absolute atomic E-state index is 13.2. The van der Waals surface area contributed by atoms with E-state index in [4.69, 9.17) is 4.42 Å². The molecule has 0 saturated carbocycles. The number of amides is 2. The van der Waals surface area contributed by atoms with Crippen LogP contribution >= 0.6 is 0 Å². The first kappa shape index (κ1) is 21.4. The van der Waals surface area contributed by atoms with Gasteiger partial charge in [0.2, 0.25) is 0 Å². The second-order valence-corrected chi connectivity index (χ2v) is 7.20. The number of para-hydroxylation sites is 1. The molecule has 3 aromatic rings. The van der Waals surface area contributed by atoms with E-state index in [0.717, 1.165) is 4.90 Å². The molecule has 2 aromatic heterocycles. The minimum absolute atomic E-state index is 0.0408. The molecule has 0 aliphatic carbocycles. The van der Waals surface area contributed by atoms with Crippen molar-refractivity contribution in [2.45, 2.75) is 13.5 Å². The third-order valence-electron chi connectivity index (χ3n) is 5.17. The third kappa shape index (κ3) is 4.05. The first-order valence-corrected chi connectivity index (χ1v) is 9.82. The maximum Gasteiger partial charge on any atom is 0.280 e. The number of carbonyl (C=O) groups excluding carboxylic acids is 2. The summed E-state index contributed by atoms with van der Waals surface area (Å²) >= 11 is 0. The van der Waals surface area contributed by atoms with Crippen molar-refractivity contribution in [3.8, 4) is 17.4 Å². The van der Waals surface area contributed by atoms with Gasteiger partial charge in [0.15, 0.2) is 0 Å². The molecule has 3 heterocycles. The first-order valence-electron chi connectivity index (χ1n) is 9.82. The number of benzene rings is 1. The number of nitrogens with zero attached hydrogens (tertiary/aromatic N) is 4. The first-order chi connectivity index (χ1) is 15.9. The summed E-state index contributed by atoms with van der Waals surface area (Å²) in [5.74, 6) is -0.758. The van der Waals surface area contributed by atoms with Gasteiger partial charge in [0.05, 0.1) is 17.0 Å². The number of hydrogen-bond acceptors (Lipinski definition) is 7. The Morgan fingerprint density at radius 1 is 1.15 bits per heavy atom. The lowest BCUT2D eigenvalue weighted by Crippen LogP contribution is -2.42. The number of rotatable bonds is 5. The van der Waals surface area contributed by atoms with E-state index in [0.29, 0.717) is 11.1 Å². The van der Waals surface area contributed by atoms with E-state index < -0.39 is 16.7 Å².